The van der Waals surface area contributed by atoms with Gasteiger partial charge in [-0.25, -0.2) is 4.57 Å². The van der Waals surface area contributed by atoms with Crippen LogP contribution >= 0.6 is 7.82 Å². The number of quaternary nitrogens is 1. The minimum atomic E-state index is -4.42. The first-order valence-electron chi connectivity index (χ1n) is 10.4. The molecule has 0 atom stereocenters. The Labute approximate surface area is 174 Å². The van der Waals surface area contributed by atoms with Crippen molar-refractivity contribution in [2.45, 2.75) is 57.8 Å². The van der Waals surface area contributed by atoms with E-state index in [0.717, 1.165) is 19.3 Å². The molecule has 0 aromatic carbocycles. The number of likely N-dealkylation sites (N-methyl/N-ethyl adjacent to an activating group) is 1. The molecule has 9 nitrogen and oxygen atoms in total. The molecule has 0 heterocycles. The molecule has 0 saturated carbocycles. The van der Waals surface area contributed by atoms with Crippen molar-refractivity contribution in [1.29, 1.82) is 0 Å². The lowest BCUT2D eigenvalue weighted by Gasteiger charge is -2.29. The molecule has 0 aromatic heterocycles. The molecule has 10 heteroatoms. The van der Waals surface area contributed by atoms with Gasteiger partial charge in [0, 0.05) is 32.3 Å². The average molecular weight is 440 g/mol. The van der Waals surface area contributed by atoms with Gasteiger partial charge in [-0.2, -0.15) is 0 Å². The number of hydrogen-bond acceptors (Lipinski definition) is 6. The Morgan fingerprint density at radius 1 is 0.828 bits per heavy atom. The van der Waals surface area contributed by atoms with E-state index in [2.05, 4.69) is 4.52 Å². The van der Waals surface area contributed by atoms with Crippen molar-refractivity contribution in [2.24, 2.45) is 5.73 Å². The number of rotatable bonds is 20. The second-order valence-electron chi connectivity index (χ2n) is 7.95. The standard InChI is InChI=1S/C19H39N2O7P/c1-21(2,14-17-28-29(24,25)26)13-16-27-15-7-11-19(23)10-6-9-18(22)8-4-3-5-12-20/h3-17,20H2,1-2H3,(H-,24,25,26)/p+1. The van der Waals surface area contributed by atoms with Crippen LogP contribution in [0.15, 0.2) is 0 Å². The Hall–Kier alpha value is -0.670. The molecule has 29 heavy (non-hydrogen) atoms. The lowest BCUT2D eigenvalue weighted by Crippen LogP contribution is -2.44. The summed E-state index contributed by atoms with van der Waals surface area (Å²) in [6.45, 7) is 2.75. The average Bonchev–Trinajstić information content (AvgIpc) is 2.60. The molecule has 4 N–H and O–H groups in total. The minimum absolute atomic E-state index is 0.0258. The quantitative estimate of drug-likeness (QED) is 0.148. The number of carbonyl (C=O) groups excluding carboxylic acids is 2. The van der Waals surface area contributed by atoms with E-state index in [0.29, 0.717) is 75.9 Å². The topological polar surface area (TPSA) is 136 Å². The zero-order chi connectivity index (χ0) is 22.2. The number of carbonyl (C=O) groups is 2. The van der Waals surface area contributed by atoms with Crippen molar-refractivity contribution in [1.82, 2.24) is 0 Å². The zero-order valence-corrected chi connectivity index (χ0v) is 18.9. The lowest BCUT2D eigenvalue weighted by molar-refractivity contribution is -0.890. The van der Waals surface area contributed by atoms with Gasteiger partial charge in [0.25, 0.3) is 0 Å². The van der Waals surface area contributed by atoms with Crippen LogP contribution in [0.25, 0.3) is 0 Å². The highest BCUT2D eigenvalue weighted by Gasteiger charge is 2.19. The third-order valence-electron chi connectivity index (χ3n) is 4.61. The van der Waals surface area contributed by atoms with E-state index in [4.69, 9.17) is 20.3 Å². The second-order valence-corrected chi connectivity index (χ2v) is 9.19. The summed E-state index contributed by atoms with van der Waals surface area (Å²) >= 11 is 0. The van der Waals surface area contributed by atoms with Crippen molar-refractivity contribution >= 4 is 19.4 Å². The largest absolute Gasteiger partial charge is 0.469 e. The number of nitrogens with zero attached hydrogens (tertiary/aromatic N) is 1. The van der Waals surface area contributed by atoms with Crippen molar-refractivity contribution in [3.8, 4) is 0 Å². The lowest BCUT2D eigenvalue weighted by atomic mass is 10.0. The molecular weight excluding hydrogens is 399 g/mol. The maximum absolute atomic E-state index is 11.9. The van der Waals surface area contributed by atoms with Gasteiger partial charge in [0.1, 0.15) is 31.3 Å². The highest BCUT2D eigenvalue weighted by atomic mass is 31.2. The van der Waals surface area contributed by atoms with Gasteiger partial charge in [0.15, 0.2) is 0 Å². The van der Waals surface area contributed by atoms with Crippen LogP contribution in [0.5, 0.6) is 0 Å². The predicted octanol–water partition coefficient (Wildman–Crippen LogP) is 1.80. The molecule has 172 valence electrons. The normalized spacial score (nSPS) is 12.3. The zero-order valence-electron chi connectivity index (χ0n) is 18.0. The Balaban J connectivity index is 3.61. The van der Waals surface area contributed by atoms with Crippen molar-refractivity contribution < 1.29 is 37.7 Å². The third-order valence-corrected chi connectivity index (χ3v) is 5.13. The first-order valence-corrected chi connectivity index (χ1v) is 11.9. The number of ketones is 2. The number of hydrogen-bond donors (Lipinski definition) is 3. The molecule has 0 aliphatic rings. The number of phosphoric ester groups is 1. The van der Waals surface area contributed by atoms with Crippen LogP contribution in [0.1, 0.15) is 57.8 Å². The third kappa shape index (κ3) is 20.4. The van der Waals surface area contributed by atoms with Gasteiger partial charge in [-0.05, 0) is 32.2 Å². The fraction of sp³-hybridized carbons (Fsp3) is 0.895. The first kappa shape index (κ1) is 28.3. The molecule has 0 spiro atoms. The van der Waals surface area contributed by atoms with E-state index < -0.39 is 7.82 Å². The van der Waals surface area contributed by atoms with Crippen molar-refractivity contribution in [2.75, 3.05) is 53.6 Å². The van der Waals surface area contributed by atoms with Gasteiger partial charge in [-0.1, -0.05) is 6.42 Å². The van der Waals surface area contributed by atoms with Crippen LogP contribution in [0.3, 0.4) is 0 Å². The number of nitrogens with two attached hydrogens (primary N) is 1. The minimum Gasteiger partial charge on any atom is -0.376 e. The van der Waals surface area contributed by atoms with Gasteiger partial charge in [0.05, 0.1) is 20.7 Å². The SMILES string of the molecule is C[N+](C)(CCOCCCC(=O)CCCC(=O)CCCCCN)CCOP(=O)(O)O. The van der Waals surface area contributed by atoms with E-state index in [-0.39, 0.29) is 18.2 Å². The summed E-state index contributed by atoms with van der Waals surface area (Å²) in [5.74, 6) is 0.389. The summed E-state index contributed by atoms with van der Waals surface area (Å²) in [6.07, 6.45) is 6.06. The maximum atomic E-state index is 11.9. The number of unbranched alkanes of at least 4 members (excludes halogenated alkanes) is 2. The van der Waals surface area contributed by atoms with Gasteiger partial charge >= 0.3 is 7.82 Å². The number of ether oxygens (including phenoxy) is 1. The van der Waals surface area contributed by atoms with Crippen LogP contribution in [0, 0.1) is 0 Å². The molecule has 0 aliphatic heterocycles. The van der Waals surface area contributed by atoms with Crippen LogP contribution in [0.4, 0.5) is 0 Å². The van der Waals surface area contributed by atoms with Crippen molar-refractivity contribution in [3.63, 3.8) is 0 Å². The summed E-state index contributed by atoms with van der Waals surface area (Å²) < 4.78 is 21.2. The van der Waals surface area contributed by atoms with Gasteiger partial charge in [0.2, 0.25) is 0 Å². The van der Waals surface area contributed by atoms with E-state index >= 15 is 0 Å². The molecule has 0 amide bonds. The fourth-order valence-corrected chi connectivity index (χ4v) is 3.00. The predicted molar refractivity (Wildman–Crippen MR) is 111 cm³/mol. The van der Waals surface area contributed by atoms with Crippen LogP contribution in [0.2, 0.25) is 0 Å². The van der Waals surface area contributed by atoms with Gasteiger partial charge in [-0.15, -0.1) is 0 Å². The molecular formula is C19H40N2O7P+. The summed E-state index contributed by atoms with van der Waals surface area (Å²) in [5, 5.41) is 0. The molecule has 0 rings (SSSR count). The monoisotopic (exact) mass is 439 g/mol. The Bertz CT molecular complexity index is 509. The second kappa shape index (κ2) is 16.1. The van der Waals surface area contributed by atoms with E-state index in [1.165, 1.54) is 0 Å². The van der Waals surface area contributed by atoms with Gasteiger partial charge in [-0.3, -0.25) is 14.1 Å². The molecule has 0 radical (unpaired) electrons. The first-order chi connectivity index (χ1) is 13.6. The Morgan fingerprint density at radius 3 is 1.97 bits per heavy atom. The van der Waals surface area contributed by atoms with Gasteiger partial charge < -0.3 is 24.7 Å². The van der Waals surface area contributed by atoms with E-state index in [1.54, 1.807) is 0 Å². The summed E-state index contributed by atoms with van der Waals surface area (Å²) in [6, 6.07) is 0. The fourth-order valence-electron chi connectivity index (χ4n) is 2.68. The van der Waals surface area contributed by atoms with Crippen LogP contribution < -0.4 is 5.73 Å². The molecule has 0 bridgehead atoms. The van der Waals surface area contributed by atoms with Crippen LogP contribution in [-0.2, 0) is 23.4 Å². The Morgan fingerprint density at radius 2 is 1.38 bits per heavy atom. The number of phosphoric acid groups is 1. The molecule has 0 unspecified atom stereocenters. The van der Waals surface area contributed by atoms with E-state index in [9.17, 15) is 14.2 Å². The molecule has 0 aromatic rings. The maximum Gasteiger partial charge on any atom is 0.469 e. The van der Waals surface area contributed by atoms with Crippen molar-refractivity contribution in [3.05, 3.63) is 0 Å². The smallest absolute Gasteiger partial charge is 0.376 e. The molecule has 0 saturated heterocycles. The highest BCUT2D eigenvalue weighted by Crippen LogP contribution is 2.35. The summed E-state index contributed by atoms with van der Waals surface area (Å²) in [5.41, 5.74) is 5.41. The Kier molecular flexibility index (Phi) is 15.7. The number of Topliss-reactive ketones (excluding diaryl/α,β-unsaturated/α-hetero) is 2. The highest BCUT2D eigenvalue weighted by molar-refractivity contribution is 7.46. The molecule has 0 fully saturated rings. The van der Waals surface area contributed by atoms with Crippen LogP contribution in [-0.4, -0.2) is 79.4 Å². The molecule has 0 aliphatic carbocycles. The summed E-state index contributed by atoms with van der Waals surface area (Å²) in [7, 11) is -0.568. The van der Waals surface area contributed by atoms with E-state index in [1.807, 2.05) is 14.1 Å². The summed E-state index contributed by atoms with van der Waals surface area (Å²) in [4.78, 5) is 40.9.